The third-order valence-corrected chi connectivity index (χ3v) is 5.87. The number of nitrogens with one attached hydrogen (secondary N) is 1. The summed E-state index contributed by atoms with van der Waals surface area (Å²) in [6.45, 7) is 1.66. The van der Waals surface area contributed by atoms with Gasteiger partial charge < -0.3 is 10.1 Å². The fourth-order valence-electron chi connectivity index (χ4n) is 2.66. The van der Waals surface area contributed by atoms with Crippen LogP contribution in [0.2, 0.25) is 0 Å². The van der Waals surface area contributed by atoms with Crippen molar-refractivity contribution in [3.63, 3.8) is 0 Å². The molecule has 0 aromatic heterocycles. The summed E-state index contributed by atoms with van der Waals surface area (Å²) in [7, 11) is -2.03. The van der Waals surface area contributed by atoms with Crippen molar-refractivity contribution >= 4 is 37.5 Å². The number of rotatable bonds is 8. The molecule has 0 unspecified atom stereocenters. The van der Waals surface area contributed by atoms with Gasteiger partial charge in [0, 0.05) is 4.47 Å². The summed E-state index contributed by atoms with van der Waals surface area (Å²) in [5.41, 5.74) is 1.35. The molecule has 0 saturated carbocycles. The van der Waals surface area contributed by atoms with Crippen molar-refractivity contribution in [2.24, 2.45) is 0 Å². The maximum atomic E-state index is 12.6. The summed E-state index contributed by atoms with van der Waals surface area (Å²) in [5, 5.41) is 2.91. The van der Waals surface area contributed by atoms with Crippen LogP contribution in [0.4, 0.5) is 5.69 Å². The van der Waals surface area contributed by atoms with Crippen LogP contribution in [0.15, 0.2) is 53.0 Å². The van der Waals surface area contributed by atoms with Gasteiger partial charge in [-0.25, -0.2) is 8.42 Å². The van der Waals surface area contributed by atoms with Gasteiger partial charge in [0.1, 0.15) is 12.3 Å². The Kier molecular flexibility index (Phi) is 7.26. The van der Waals surface area contributed by atoms with Crippen LogP contribution in [0.3, 0.4) is 0 Å². The van der Waals surface area contributed by atoms with Gasteiger partial charge in [-0.3, -0.25) is 9.10 Å². The van der Waals surface area contributed by atoms with E-state index >= 15 is 0 Å². The predicted octanol–water partition coefficient (Wildman–Crippen LogP) is 3.49. The number of ether oxygens (including phenoxy) is 1. The Bertz CT molecular complexity index is 885. The van der Waals surface area contributed by atoms with Gasteiger partial charge in [0.2, 0.25) is 15.9 Å². The molecule has 2 aromatic rings. The Morgan fingerprint density at radius 3 is 2.33 bits per heavy atom. The molecule has 1 N–H and O–H groups in total. The second-order valence-corrected chi connectivity index (χ2v) is 8.78. The molecule has 0 spiro atoms. The summed E-state index contributed by atoms with van der Waals surface area (Å²) >= 11 is 3.34. The number of hydrogen-bond acceptors (Lipinski definition) is 4. The normalized spacial score (nSPS) is 12.3. The number of carbonyl (C=O) groups is 1. The van der Waals surface area contributed by atoms with Crippen molar-refractivity contribution in [2.75, 3.05) is 24.2 Å². The number of amides is 1. The van der Waals surface area contributed by atoms with Crippen LogP contribution in [0.5, 0.6) is 5.75 Å². The lowest BCUT2D eigenvalue weighted by Gasteiger charge is -2.25. The van der Waals surface area contributed by atoms with E-state index in [9.17, 15) is 13.2 Å². The highest BCUT2D eigenvalue weighted by Gasteiger charge is 2.24. The Hall–Kier alpha value is -2.06. The van der Waals surface area contributed by atoms with Gasteiger partial charge in [0.25, 0.3) is 0 Å². The van der Waals surface area contributed by atoms with Crippen LogP contribution in [0.25, 0.3) is 0 Å². The standard InChI is InChI=1S/C19H23BrN2O4S/c1-4-17(14-9-11-15(26-2)12-10-14)21-19(23)13-22(27(3,24)25)18-8-6-5-7-16(18)20/h5-12,17H,4,13H2,1-3H3,(H,21,23)/t17-/m0/s1. The number of sulfonamides is 1. The number of benzene rings is 2. The Labute approximate surface area is 168 Å². The van der Waals surface area contributed by atoms with E-state index in [4.69, 9.17) is 4.74 Å². The zero-order chi connectivity index (χ0) is 20.0. The van der Waals surface area contributed by atoms with E-state index in [-0.39, 0.29) is 18.5 Å². The smallest absolute Gasteiger partial charge is 0.241 e. The molecule has 6 nitrogen and oxygen atoms in total. The molecule has 0 saturated heterocycles. The van der Waals surface area contributed by atoms with Crippen LogP contribution in [0, 0.1) is 0 Å². The molecule has 8 heteroatoms. The Morgan fingerprint density at radius 1 is 1.19 bits per heavy atom. The van der Waals surface area contributed by atoms with E-state index < -0.39 is 10.0 Å². The average Bonchev–Trinajstić information content (AvgIpc) is 2.64. The number of nitrogens with zero attached hydrogens (tertiary/aromatic N) is 1. The third-order valence-electron chi connectivity index (χ3n) is 4.07. The van der Waals surface area contributed by atoms with Gasteiger partial charge in [0.05, 0.1) is 25.1 Å². The molecule has 1 atom stereocenters. The van der Waals surface area contributed by atoms with E-state index in [1.54, 1.807) is 31.4 Å². The molecule has 2 aromatic carbocycles. The minimum Gasteiger partial charge on any atom is -0.497 e. The second-order valence-electron chi connectivity index (χ2n) is 6.02. The van der Waals surface area contributed by atoms with Crippen LogP contribution in [0.1, 0.15) is 24.9 Å². The molecule has 146 valence electrons. The monoisotopic (exact) mass is 454 g/mol. The van der Waals surface area contributed by atoms with Crippen molar-refractivity contribution in [1.82, 2.24) is 5.32 Å². The number of anilines is 1. The third kappa shape index (κ3) is 5.71. The van der Waals surface area contributed by atoms with Gasteiger partial charge in [-0.2, -0.15) is 0 Å². The summed E-state index contributed by atoms with van der Waals surface area (Å²) in [5.74, 6) is 0.357. The van der Waals surface area contributed by atoms with Crippen molar-refractivity contribution < 1.29 is 17.9 Å². The van der Waals surface area contributed by atoms with Crippen LogP contribution < -0.4 is 14.4 Å². The molecular weight excluding hydrogens is 432 g/mol. The average molecular weight is 455 g/mol. The lowest BCUT2D eigenvalue weighted by Crippen LogP contribution is -2.41. The highest BCUT2D eigenvalue weighted by molar-refractivity contribution is 9.10. The predicted molar refractivity (Wildman–Crippen MR) is 111 cm³/mol. The molecule has 0 heterocycles. The summed E-state index contributed by atoms with van der Waals surface area (Å²) in [4.78, 5) is 12.6. The minimum absolute atomic E-state index is 0.218. The van der Waals surface area contributed by atoms with Gasteiger partial charge in [0.15, 0.2) is 0 Å². The highest BCUT2D eigenvalue weighted by atomic mass is 79.9. The topological polar surface area (TPSA) is 75.7 Å². The van der Waals surface area contributed by atoms with Gasteiger partial charge >= 0.3 is 0 Å². The van der Waals surface area contributed by atoms with E-state index in [2.05, 4.69) is 21.2 Å². The molecule has 0 aliphatic heterocycles. The van der Waals surface area contributed by atoms with Crippen LogP contribution in [-0.2, 0) is 14.8 Å². The van der Waals surface area contributed by atoms with Crippen molar-refractivity contribution in [3.8, 4) is 5.75 Å². The SMILES string of the molecule is CC[C@H](NC(=O)CN(c1ccccc1Br)S(C)(=O)=O)c1ccc(OC)cc1. The van der Waals surface area contributed by atoms with E-state index in [0.29, 0.717) is 16.6 Å². The van der Waals surface area contributed by atoms with E-state index in [1.165, 1.54) is 0 Å². The fourth-order valence-corrected chi connectivity index (χ4v) is 4.15. The lowest BCUT2D eigenvalue weighted by atomic mass is 10.0. The first-order chi connectivity index (χ1) is 12.8. The van der Waals surface area contributed by atoms with E-state index in [1.807, 2.05) is 31.2 Å². The number of hydrogen-bond donors (Lipinski definition) is 1. The summed E-state index contributed by atoms with van der Waals surface area (Å²) in [6, 6.07) is 14.1. The molecule has 0 fully saturated rings. The number of carbonyl (C=O) groups excluding carboxylic acids is 1. The molecule has 27 heavy (non-hydrogen) atoms. The second kappa shape index (κ2) is 9.23. The molecule has 0 bridgehead atoms. The fraction of sp³-hybridized carbons (Fsp3) is 0.316. The summed E-state index contributed by atoms with van der Waals surface area (Å²) < 4.78 is 31.3. The Balaban J connectivity index is 2.18. The molecule has 0 aliphatic rings. The van der Waals surface area contributed by atoms with Crippen molar-refractivity contribution in [2.45, 2.75) is 19.4 Å². The quantitative estimate of drug-likeness (QED) is 0.661. The van der Waals surface area contributed by atoms with Gasteiger partial charge in [-0.15, -0.1) is 0 Å². The zero-order valence-electron chi connectivity index (χ0n) is 15.5. The first-order valence-corrected chi connectivity index (χ1v) is 11.1. The number of para-hydroxylation sites is 1. The van der Waals surface area contributed by atoms with Crippen molar-refractivity contribution in [3.05, 3.63) is 58.6 Å². The Morgan fingerprint density at radius 2 is 1.81 bits per heavy atom. The largest absolute Gasteiger partial charge is 0.497 e. The zero-order valence-corrected chi connectivity index (χ0v) is 17.9. The van der Waals surface area contributed by atoms with E-state index in [0.717, 1.165) is 21.9 Å². The van der Waals surface area contributed by atoms with Crippen molar-refractivity contribution in [1.29, 1.82) is 0 Å². The molecule has 1 amide bonds. The maximum Gasteiger partial charge on any atom is 0.241 e. The molecule has 0 radical (unpaired) electrons. The molecular formula is C19H23BrN2O4S. The number of halogens is 1. The first-order valence-electron chi connectivity index (χ1n) is 8.41. The first kappa shape index (κ1) is 21.2. The van der Waals surface area contributed by atoms with Crippen LogP contribution in [-0.4, -0.2) is 34.2 Å². The van der Waals surface area contributed by atoms with Crippen LogP contribution >= 0.6 is 15.9 Å². The van der Waals surface area contributed by atoms with Gasteiger partial charge in [-0.05, 0) is 52.2 Å². The minimum atomic E-state index is -3.63. The molecule has 0 aliphatic carbocycles. The maximum absolute atomic E-state index is 12.6. The highest BCUT2D eigenvalue weighted by Crippen LogP contribution is 2.27. The van der Waals surface area contributed by atoms with Gasteiger partial charge in [-0.1, -0.05) is 31.2 Å². The molecule has 2 rings (SSSR count). The lowest BCUT2D eigenvalue weighted by molar-refractivity contribution is -0.120. The summed E-state index contributed by atoms with van der Waals surface area (Å²) in [6.07, 6.45) is 1.76. The number of methoxy groups -OCH3 is 1.